The summed E-state index contributed by atoms with van der Waals surface area (Å²) in [6.07, 6.45) is 2.15. The minimum Gasteiger partial charge on any atom is -0.437 e. The van der Waals surface area contributed by atoms with E-state index in [0.29, 0.717) is 12.3 Å². The van der Waals surface area contributed by atoms with E-state index in [4.69, 9.17) is 9.25 Å². The summed E-state index contributed by atoms with van der Waals surface area (Å²) in [5.41, 5.74) is 1.00. The zero-order valence-corrected chi connectivity index (χ0v) is 10.4. The summed E-state index contributed by atoms with van der Waals surface area (Å²) in [6, 6.07) is 9.84. The van der Waals surface area contributed by atoms with Crippen LogP contribution in [0.1, 0.15) is 18.4 Å². The van der Waals surface area contributed by atoms with Crippen LogP contribution in [0.5, 0.6) is 0 Å². The molecule has 1 atom stereocenters. The molecule has 1 aromatic carbocycles. The van der Waals surface area contributed by atoms with Gasteiger partial charge in [0.15, 0.2) is 5.76 Å². The maximum Gasteiger partial charge on any atom is 0.239 e. The molecular weight excluding hydrogens is 284 g/mol. The molecule has 3 rings (SSSR count). The van der Waals surface area contributed by atoms with E-state index in [2.05, 4.69) is 26.1 Å². The highest BCUT2D eigenvalue weighted by atomic mass is 79.9. The van der Waals surface area contributed by atoms with Gasteiger partial charge in [-0.25, -0.2) is 4.98 Å². The average Bonchev–Trinajstić information content (AvgIpc) is 2.98. The lowest BCUT2D eigenvalue weighted by Crippen LogP contribution is -1.96. The van der Waals surface area contributed by atoms with Crippen molar-refractivity contribution in [1.82, 2.24) is 4.98 Å². The molecule has 4 nitrogen and oxygen atoms in total. The fourth-order valence-electron chi connectivity index (χ4n) is 1.65. The van der Waals surface area contributed by atoms with Crippen molar-refractivity contribution in [3.8, 4) is 11.3 Å². The molecule has 1 aliphatic heterocycles. The Morgan fingerprint density at radius 2 is 2.06 bits per heavy atom. The molecule has 5 heteroatoms. The largest absolute Gasteiger partial charge is 0.437 e. The summed E-state index contributed by atoms with van der Waals surface area (Å²) in [5, 5.41) is 3.81. The fraction of sp³-hybridized carbons (Fsp3) is 0.167. The fourth-order valence-corrected chi connectivity index (χ4v) is 2.03. The molecule has 0 bridgehead atoms. The lowest BCUT2D eigenvalue weighted by molar-refractivity contribution is 0.0653. The Labute approximate surface area is 106 Å². The van der Waals surface area contributed by atoms with Crippen LogP contribution in [-0.2, 0) is 4.84 Å². The lowest BCUT2D eigenvalue weighted by Gasteiger charge is -2.01. The minimum absolute atomic E-state index is 0.221. The molecular formula is C12H9BrN2O2. The maximum absolute atomic E-state index is 5.67. The van der Waals surface area contributed by atoms with Gasteiger partial charge in [-0.2, -0.15) is 0 Å². The van der Waals surface area contributed by atoms with Crippen LogP contribution in [0.4, 0.5) is 0 Å². The van der Waals surface area contributed by atoms with Gasteiger partial charge in [0.05, 0.1) is 6.20 Å². The van der Waals surface area contributed by atoms with Gasteiger partial charge in [0.1, 0.15) is 4.62 Å². The molecule has 0 saturated carbocycles. The van der Waals surface area contributed by atoms with Crippen molar-refractivity contribution in [1.29, 1.82) is 0 Å². The van der Waals surface area contributed by atoms with Crippen LogP contribution < -0.4 is 0 Å². The Balaban J connectivity index is 1.84. The molecule has 2 heterocycles. The monoisotopic (exact) mass is 292 g/mol. The van der Waals surface area contributed by atoms with Gasteiger partial charge in [0, 0.05) is 12.0 Å². The second-order valence-electron chi connectivity index (χ2n) is 3.69. The van der Waals surface area contributed by atoms with Crippen LogP contribution in [-0.4, -0.2) is 9.60 Å². The second-order valence-corrected chi connectivity index (χ2v) is 4.61. The molecule has 0 radical (unpaired) electrons. The van der Waals surface area contributed by atoms with E-state index in [1.807, 2.05) is 30.3 Å². The van der Waals surface area contributed by atoms with Crippen LogP contribution in [0.2, 0.25) is 0 Å². The minimum atomic E-state index is -0.221. The predicted octanol–water partition coefficient (Wildman–Crippen LogP) is 3.51. The van der Waals surface area contributed by atoms with Crippen molar-refractivity contribution in [3.63, 3.8) is 0 Å². The van der Waals surface area contributed by atoms with Crippen molar-refractivity contribution in [2.45, 2.75) is 12.5 Å². The third-order valence-corrected chi connectivity index (χ3v) is 2.96. The Hall–Kier alpha value is -1.62. The van der Waals surface area contributed by atoms with Gasteiger partial charge in [-0.3, -0.25) is 0 Å². The van der Waals surface area contributed by atoms with Gasteiger partial charge in [-0.1, -0.05) is 35.5 Å². The van der Waals surface area contributed by atoms with E-state index in [9.17, 15) is 0 Å². The number of oxime groups is 1. The number of halogens is 1. The van der Waals surface area contributed by atoms with E-state index in [1.54, 1.807) is 6.20 Å². The molecule has 0 aliphatic carbocycles. The summed E-state index contributed by atoms with van der Waals surface area (Å²) >= 11 is 3.28. The van der Waals surface area contributed by atoms with Gasteiger partial charge in [0.25, 0.3) is 0 Å². The van der Waals surface area contributed by atoms with Crippen molar-refractivity contribution >= 4 is 20.6 Å². The Morgan fingerprint density at radius 1 is 1.24 bits per heavy atom. The molecule has 0 amide bonds. The summed E-state index contributed by atoms with van der Waals surface area (Å²) in [4.78, 5) is 9.41. The SMILES string of the molecule is BrC1=NOC(c2ncc(-c3ccccc3)o2)C1. The number of benzene rings is 1. The Bertz CT molecular complexity index is 551. The Morgan fingerprint density at radius 3 is 2.76 bits per heavy atom. The summed E-state index contributed by atoms with van der Waals surface area (Å²) in [5.74, 6) is 1.30. The van der Waals surface area contributed by atoms with E-state index in [0.717, 1.165) is 15.9 Å². The first-order chi connectivity index (χ1) is 8.33. The van der Waals surface area contributed by atoms with Crippen molar-refractivity contribution in [2.75, 3.05) is 0 Å². The van der Waals surface area contributed by atoms with Gasteiger partial charge in [0.2, 0.25) is 12.0 Å². The third kappa shape index (κ3) is 2.10. The van der Waals surface area contributed by atoms with E-state index in [1.165, 1.54) is 0 Å². The quantitative estimate of drug-likeness (QED) is 0.851. The number of oxazole rings is 1. The topological polar surface area (TPSA) is 47.6 Å². The maximum atomic E-state index is 5.67. The molecule has 1 aromatic heterocycles. The van der Waals surface area contributed by atoms with Crippen LogP contribution in [0.3, 0.4) is 0 Å². The second kappa shape index (κ2) is 4.33. The first-order valence-electron chi connectivity index (χ1n) is 5.22. The zero-order valence-electron chi connectivity index (χ0n) is 8.84. The molecule has 0 fully saturated rings. The first kappa shape index (κ1) is 10.5. The lowest BCUT2D eigenvalue weighted by atomic mass is 10.2. The van der Waals surface area contributed by atoms with Gasteiger partial charge < -0.3 is 9.25 Å². The first-order valence-corrected chi connectivity index (χ1v) is 6.01. The highest BCUT2D eigenvalue weighted by molar-refractivity contribution is 9.18. The standard InChI is InChI=1S/C12H9BrN2O2/c13-11-6-9(17-15-11)12-14-7-10(16-12)8-4-2-1-3-5-8/h1-5,7,9H,6H2. The molecule has 1 unspecified atom stereocenters. The highest BCUT2D eigenvalue weighted by Gasteiger charge is 2.26. The van der Waals surface area contributed by atoms with E-state index < -0.39 is 0 Å². The normalized spacial score (nSPS) is 18.9. The highest BCUT2D eigenvalue weighted by Crippen LogP contribution is 2.30. The number of nitrogens with zero attached hydrogens (tertiary/aromatic N) is 2. The molecule has 1 aliphatic rings. The van der Waals surface area contributed by atoms with Crippen LogP contribution in [0.15, 0.2) is 46.1 Å². The molecule has 0 spiro atoms. The molecule has 2 aromatic rings. The predicted molar refractivity (Wildman–Crippen MR) is 66.7 cm³/mol. The smallest absolute Gasteiger partial charge is 0.239 e. The summed E-state index contributed by atoms with van der Waals surface area (Å²) in [6.45, 7) is 0. The molecule has 17 heavy (non-hydrogen) atoms. The van der Waals surface area contributed by atoms with Gasteiger partial charge in [-0.05, 0) is 15.9 Å². The van der Waals surface area contributed by atoms with E-state index in [-0.39, 0.29) is 6.10 Å². The molecule has 86 valence electrons. The number of rotatable bonds is 2. The Kier molecular flexibility index (Phi) is 2.68. The summed E-state index contributed by atoms with van der Waals surface area (Å²) < 4.78 is 6.45. The van der Waals surface area contributed by atoms with Crippen LogP contribution >= 0.6 is 15.9 Å². The van der Waals surface area contributed by atoms with Crippen molar-refractivity contribution in [3.05, 3.63) is 42.4 Å². The van der Waals surface area contributed by atoms with Crippen molar-refractivity contribution < 1.29 is 9.25 Å². The summed E-state index contributed by atoms with van der Waals surface area (Å²) in [7, 11) is 0. The van der Waals surface area contributed by atoms with Crippen molar-refractivity contribution in [2.24, 2.45) is 5.16 Å². The number of aromatic nitrogens is 1. The number of hydrogen-bond acceptors (Lipinski definition) is 4. The third-order valence-electron chi connectivity index (χ3n) is 2.49. The van der Waals surface area contributed by atoms with Crippen LogP contribution in [0, 0.1) is 0 Å². The van der Waals surface area contributed by atoms with E-state index >= 15 is 0 Å². The zero-order chi connectivity index (χ0) is 11.7. The van der Waals surface area contributed by atoms with Crippen LogP contribution in [0.25, 0.3) is 11.3 Å². The van der Waals surface area contributed by atoms with Gasteiger partial charge in [-0.15, -0.1) is 0 Å². The molecule has 0 saturated heterocycles. The average molecular weight is 293 g/mol. The number of hydrogen-bond donors (Lipinski definition) is 0. The van der Waals surface area contributed by atoms with Gasteiger partial charge >= 0.3 is 0 Å². The molecule has 0 N–H and O–H groups in total.